The first kappa shape index (κ1) is 13.8. The average molecular weight is 263 g/mol. The SMILES string of the molecule is C[CH-]C.Cn1cnc2c[c-]ccc21.[Y]. The molecule has 3 heteroatoms. The quantitative estimate of drug-likeness (QED) is 0.668. The van der Waals surface area contributed by atoms with Gasteiger partial charge in [0, 0.05) is 39.8 Å². The molecule has 0 N–H and O–H groups in total. The number of aryl methyl sites for hydroxylation is 1. The second-order valence-electron chi connectivity index (χ2n) is 2.85. The van der Waals surface area contributed by atoms with Crippen LogP contribution in [0.5, 0.6) is 0 Å². The fraction of sp³-hybridized carbons (Fsp3) is 0.273. The second kappa shape index (κ2) is 7.13. The van der Waals surface area contributed by atoms with Gasteiger partial charge < -0.3 is 16.0 Å². The van der Waals surface area contributed by atoms with Crippen molar-refractivity contribution in [2.24, 2.45) is 7.05 Å². The Kier molecular flexibility index (Phi) is 7.03. The summed E-state index contributed by atoms with van der Waals surface area (Å²) in [6.07, 6.45) is 3.80. The van der Waals surface area contributed by atoms with Gasteiger partial charge in [-0.05, 0) is 11.0 Å². The van der Waals surface area contributed by atoms with Crippen LogP contribution in [0.1, 0.15) is 13.8 Å². The van der Waals surface area contributed by atoms with E-state index in [9.17, 15) is 0 Å². The fourth-order valence-electron chi connectivity index (χ4n) is 1.03. The molecule has 0 atom stereocenters. The second-order valence-corrected chi connectivity index (χ2v) is 2.85. The molecule has 0 bridgehead atoms. The van der Waals surface area contributed by atoms with Gasteiger partial charge in [-0.3, -0.25) is 0 Å². The summed E-state index contributed by atoms with van der Waals surface area (Å²) in [6, 6.07) is 8.75. The van der Waals surface area contributed by atoms with Gasteiger partial charge in [-0.25, -0.2) is 0 Å². The van der Waals surface area contributed by atoms with Gasteiger partial charge in [-0.1, -0.05) is 0 Å². The van der Waals surface area contributed by atoms with Crippen LogP contribution in [0.4, 0.5) is 0 Å². The molecule has 1 heterocycles. The number of hydrogen-bond donors (Lipinski definition) is 0. The Morgan fingerprint density at radius 3 is 2.64 bits per heavy atom. The van der Waals surface area contributed by atoms with Crippen molar-refractivity contribution in [3.05, 3.63) is 37.0 Å². The van der Waals surface area contributed by atoms with E-state index in [1.165, 1.54) is 0 Å². The van der Waals surface area contributed by atoms with Crippen LogP contribution in [-0.2, 0) is 39.8 Å². The van der Waals surface area contributed by atoms with Crippen LogP contribution < -0.4 is 0 Å². The Balaban J connectivity index is 0.000000381. The Labute approximate surface area is 111 Å². The van der Waals surface area contributed by atoms with Crippen LogP contribution in [0, 0.1) is 12.5 Å². The van der Waals surface area contributed by atoms with Crippen LogP contribution in [0.25, 0.3) is 11.0 Å². The molecule has 0 aliphatic rings. The third-order valence-corrected chi connectivity index (χ3v) is 1.57. The third-order valence-electron chi connectivity index (χ3n) is 1.57. The number of rotatable bonds is 0. The molecule has 0 aliphatic carbocycles. The van der Waals surface area contributed by atoms with Crippen molar-refractivity contribution in [3.63, 3.8) is 0 Å². The topological polar surface area (TPSA) is 17.8 Å². The Bertz CT molecular complexity index is 368. The van der Waals surface area contributed by atoms with Crippen molar-refractivity contribution >= 4 is 11.0 Å². The molecule has 0 fully saturated rings. The summed E-state index contributed by atoms with van der Waals surface area (Å²) >= 11 is 0. The molecule has 0 unspecified atom stereocenters. The number of imidazole rings is 1. The van der Waals surface area contributed by atoms with Crippen molar-refractivity contribution < 1.29 is 32.7 Å². The van der Waals surface area contributed by atoms with E-state index < -0.39 is 0 Å². The van der Waals surface area contributed by atoms with E-state index >= 15 is 0 Å². The molecular weight excluding hydrogens is 249 g/mol. The zero-order chi connectivity index (χ0) is 9.68. The monoisotopic (exact) mass is 263 g/mol. The number of aromatic nitrogens is 2. The molecule has 73 valence electrons. The van der Waals surface area contributed by atoms with Crippen molar-refractivity contribution in [1.82, 2.24) is 9.55 Å². The average Bonchev–Trinajstić information content (AvgIpc) is 2.50. The number of fused-ring (bicyclic) bond motifs is 1. The van der Waals surface area contributed by atoms with Crippen LogP contribution >= 0.6 is 0 Å². The van der Waals surface area contributed by atoms with E-state index in [4.69, 9.17) is 0 Å². The van der Waals surface area contributed by atoms with Crippen molar-refractivity contribution in [2.45, 2.75) is 13.8 Å². The fourth-order valence-corrected chi connectivity index (χ4v) is 1.03. The summed E-state index contributed by atoms with van der Waals surface area (Å²) in [6.45, 7) is 4.00. The van der Waals surface area contributed by atoms with Gasteiger partial charge >= 0.3 is 0 Å². The zero-order valence-corrected chi connectivity index (χ0v) is 11.7. The Morgan fingerprint density at radius 1 is 1.43 bits per heavy atom. The van der Waals surface area contributed by atoms with Crippen LogP contribution in [0.2, 0.25) is 0 Å². The predicted molar refractivity (Wildman–Crippen MR) is 55.2 cm³/mol. The van der Waals surface area contributed by atoms with Gasteiger partial charge in [0.2, 0.25) is 0 Å². The minimum atomic E-state index is 0. The summed E-state index contributed by atoms with van der Waals surface area (Å²) in [7, 11) is 1.98. The largest absolute Gasteiger partial charge is 0.358 e. The van der Waals surface area contributed by atoms with E-state index in [1.54, 1.807) is 6.33 Å². The molecule has 2 rings (SSSR count). The number of benzene rings is 1. The van der Waals surface area contributed by atoms with Crippen molar-refractivity contribution in [3.8, 4) is 0 Å². The Morgan fingerprint density at radius 2 is 2.07 bits per heavy atom. The van der Waals surface area contributed by atoms with Gasteiger partial charge in [0.25, 0.3) is 0 Å². The summed E-state index contributed by atoms with van der Waals surface area (Å²) in [5.41, 5.74) is 2.16. The molecule has 0 aliphatic heterocycles. The number of hydrogen-bond acceptors (Lipinski definition) is 1. The minimum Gasteiger partial charge on any atom is -0.358 e. The first-order valence-corrected chi connectivity index (χ1v) is 4.30. The van der Waals surface area contributed by atoms with Gasteiger partial charge in [0.05, 0.1) is 6.33 Å². The first-order valence-electron chi connectivity index (χ1n) is 4.30. The molecule has 0 amide bonds. The van der Waals surface area contributed by atoms with E-state index in [2.05, 4.69) is 11.1 Å². The molecule has 1 radical (unpaired) electrons. The molecule has 2 nitrogen and oxygen atoms in total. The molecule has 1 aromatic heterocycles. The minimum absolute atomic E-state index is 0. The summed E-state index contributed by atoms with van der Waals surface area (Å²) < 4.78 is 1.99. The van der Waals surface area contributed by atoms with Crippen LogP contribution in [0.3, 0.4) is 0 Å². The summed E-state index contributed by atoms with van der Waals surface area (Å²) in [5, 5.41) is 0. The van der Waals surface area contributed by atoms with E-state index in [-0.39, 0.29) is 32.7 Å². The van der Waals surface area contributed by atoms with Gasteiger partial charge in [-0.2, -0.15) is 26.0 Å². The first-order chi connectivity index (χ1) is 6.29. The van der Waals surface area contributed by atoms with Crippen molar-refractivity contribution in [2.75, 3.05) is 0 Å². The van der Waals surface area contributed by atoms with Gasteiger partial charge in [0.1, 0.15) is 0 Å². The maximum Gasteiger partial charge on any atom is 0.0796 e. The van der Waals surface area contributed by atoms with Crippen LogP contribution in [-0.4, -0.2) is 9.55 Å². The van der Waals surface area contributed by atoms with E-state index in [0.717, 1.165) is 11.0 Å². The number of nitrogens with zero attached hydrogens (tertiary/aromatic N) is 2. The zero-order valence-electron chi connectivity index (χ0n) is 8.86. The maximum atomic E-state index is 4.15. The third kappa shape index (κ3) is 3.51. The summed E-state index contributed by atoms with van der Waals surface area (Å²) in [4.78, 5) is 4.15. The van der Waals surface area contributed by atoms with Crippen LogP contribution in [0.15, 0.2) is 24.5 Å². The molecule has 0 saturated carbocycles. The molecular formula is C11H14N2Y-2. The van der Waals surface area contributed by atoms with Gasteiger partial charge in [0.15, 0.2) is 0 Å². The standard InChI is InChI=1S/C8H7N2.C3H7.Y/c1-10-6-9-7-4-2-3-5-8(7)10;1-3-2;/h3-6H,1H3;3H,1-2H3;/q2*-1;. The van der Waals surface area contributed by atoms with Crippen molar-refractivity contribution in [1.29, 1.82) is 0 Å². The maximum absolute atomic E-state index is 4.15. The van der Waals surface area contributed by atoms with E-state index in [0.29, 0.717) is 0 Å². The van der Waals surface area contributed by atoms with E-state index in [1.807, 2.05) is 50.1 Å². The molecule has 1 aromatic carbocycles. The molecule has 2 aromatic rings. The molecule has 0 spiro atoms. The summed E-state index contributed by atoms with van der Waals surface area (Å²) in [5.74, 6) is 0. The smallest absolute Gasteiger partial charge is 0.0796 e. The Hall–Kier alpha value is -0.206. The van der Waals surface area contributed by atoms with Gasteiger partial charge in [-0.15, -0.1) is 12.1 Å². The normalized spacial score (nSPS) is 8.79. The predicted octanol–water partition coefficient (Wildman–Crippen LogP) is 2.60. The molecule has 0 saturated heterocycles. The molecule has 14 heavy (non-hydrogen) atoms.